The predicted octanol–water partition coefficient (Wildman–Crippen LogP) is 3.38. The number of carbonyl (C=O) groups is 1. The fraction of sp³-hybridized carbons (Fsp3) is 0.462. The molecule has 0 aliphatic carbocycles. The van der Waals surface area contributed by atoms with Crippen molar-refractivity contribution >= 4 is 11.7 Å². The number of alkyl halides is 3. The van der Waals surface area contributed by atoms with Crippen molar-refractivity contribution in [3.8, 4) is 0 Å². The molecular weight excluding hydrogens is 259 g/mol. The van der Waals surface area contributed by atoms with Crippen LogP contribution in [0.25, 0.3) is 0 Å². The van der Waals surface area contributed by atoms with Crippen LogP contribution in [-0.2, 0) is 15.7 Å². The zero-order valence-electron chi connectivity index (χ0n) is 11.0. The topological polar surface area (TPSA) is 38.3 Å². The molecule has 0 saturated heterocycles. The van der Waals surface area contributed by atoms with Gasteiger partial charge >= 0.3 is 12.1 Å². The molecule has 6 heteroatoms. The van der Waals surface area contributed by atoms with E-state index in [4.69, 9.17) is 4.74 Å². The first-order valence-corrected chi connectivity index (χ1v) is 5.81. The van der Waals surface area contributed by atoms with Crippen molar-refractivity contribution in [1.82, 2.24) is 0 Å². The molecule has 0 saturated carbocycles. The van der Waals surface area contributed by atoms with Crippen molar-refractivity contribution in [2.75, 3.05) is 11.9 Å². The maximum Gasteiger partial charge on any atom is 0.416 e. The van der Waals surface area contributed by atoms with Crippen molar-refractivity contribution in [3.63, 3.8) is 0 Å². The molecule has 0 aliphatic heterocycles. The third-order valence-electron chi connectivity index (χ3n) is 2.36. The summed E-state index contributed by atoms with van der Waals surface area (Å²) in [6.07, 6.45) is -4.65. The third-order valence-corrected chi connectivity index (χ3v) is 2.36. The van der Waals surface area contributed by atoms with Crippen LogP contribution in [0.15, 0.2) is 18.2 Å². The highest BCUT2D eigenvalue weighted by molar-refractivity contribution is 5.75. The molecule has 0 spiro atoms. The molecule has 0 amide bonds. The van der Waals surface area contributed by atoms with Gasteiger partial charge in [0.25, 0.3) is 0 Å². The van der Waals surface area contributed by atoms with Crippen LogP contribution < -0.4 is 5.32 Å². The van der Waals surface area contributed by atoms with Gasteiger partial charge in [0.05, 0.1) is 11.7 Å². The number of ether oxygens (including phenoxy) is 1. The molecule has 0 bridgehead atoms. The number of benzene rings is 1. The van der Waals surface area contributed by atoms with Crippen molar-refractivity contribution in [2.24, 2.45) is 0 Å². The lowest BCUT2D eigenvalue weighted by molar-refractivity contribution is -0.145. The van der Waals surface area contributed by atoms with E-state index >= 15 is 0 Å². The number of esters is 1. The second-order valence-corrected chi connectivity index (χ2v) is 4.42. The zero-order chi connectivity index (χ0) is 14.6. The molecule has 0 unspecified atom stereocenters. The summed E-state index contributed by atoms with van der Waals surface area (Å²) in [6.45, 7) is 4.90. The van der Waals surface area contributed by atoms with Crippen molar-refractivity contribution in [1.29, 1.82) is 0 Å². The van der Waals surface area contributed by atoms with Gasteiger partial charge < -0.3 is 10.1 Å². The molecule has 0 aliphatic rings. The summed E-state index contributed by atoms with van der Waals surface area (Å²) >= 11 is 0. The maximum atomic E-state index is 12.6. The number of hydrogen-bond donors (Lipinski definition) is 1. The molecule has 19 heavy (non-hydrogen) atoms. The lowest BCUT2D eigenvalue weighted by atomic mass is 10.1. The Labute approximate surface area is 109 Å². The van der Waals surface area contributed by atoms with Gasteiger partial charge in [0.15, 0.2) is 0 Å². The summed E-state index contributed by atoms with van der Waals surface area (Å²) in [4.78, 5) is 11.3. The molecule has 1 rings (SSSR count). The van der Waals surface area contributed by atoms with Gasteiger partial charge in [-0.25, -0.2) is 0 Å². The van der Waals surface area contributed by atoms with Gasteiger partial charge in [-0.2, -0.15) is 13.2 Å². The first-order chi connectivity index (χ1) is 8.70. The molecule has 1 N–H and O–H groups in total. The second-order valence-electron chi connectivity index (χ2n) is 4.42. The van der Waals surface area contributed by atoms with Crippen LogP contribution in [0.3, 0.4) is 0 Å². The predicted molar refractivity (Wildman–Crippen MR) is 65.9 cm³/mol. The van der Waals surface area contributed by atoms with E-state index in [0.717, 1.165) is 12.1 Å². The van der Waals surface area contributed by atoms with Gasteiger partial charge in [0, 0.05) is 5.69 Å². The van der Waals surface area contributed by atoms with E-state index in [1.807, 2.05) is 0 Å². The van der Waals surface area contributed by atoms with Crippen molar-refractivity contribution < 1.29 is 22.7 Å². The summed E-state index contributed by atoms with van der Waals surface area (Å²) in [5, 5.41) is 2.66. The SMILES string of the molecule is Cc1ccc(C(F)(F)F)cc1NCC(=O)OC(C)C. The standard InChI is InChI=1S/C13H16F3NO2/c1-8(2)19-12(18)7-17-11-6-10(13(14,15)16)5-4-9(11)3/h4-6,8,17H,7H2,1-3H3. The average molecular weight is 275 g/mol. The Kier molecular flexibility index (Phi) is 4.80. The van der Waals surface area contributed by atoms with Gasteiger partial charge in [0.2, 0.25) is 0 Å². The number of hydrogen-bond acceptors (Lipinski definition) is 3. The highest BCUT2D eigenvalue weighted by atomic mass is 19.4. The van der Waals surface area contributed by atoms with Crippen LogP contribution in [0.4, 0.5) is 18.9 Å². The minimum atomic E-state index is -4.40. The first kappa shape index (κ1) is 15.3. The van der Waals surface area contributed by atoms with Gasteiger partial charge in [-0.1, -0.05) is 6.07 Å². The Hall–Kier alpha value is -1.72. The summed E-state index contributed by atoms with van der Waals surface area (Å²) < 4.78 is 42.5. The number of anilines is 1. The van der Waals surface area contributed by atoms with Crippen LogP contribution >= 0.6 is 0 Å². The molecule has 0 aromatic heterocycles. The smallest absolute Gasteiger partial charge is 0.416 e. The fourth-order valence-corrected chi connectivity index (χ4v) is 1.46. The Balaban J connectivity index is 2.75. The van der Waals surface area contributed by atoms with Gasteiger partial charge in [-0.3, -0.25) is 4.79 Å². The van der Waals surface area contributed by atoms with Gasteiger partial charge in [0.1, 0.15) is 6.54 Å². The minimum absolute atomic E-state index is 0.166. The normalized spacial score (nSPS) is 11.5. The molecule has 0 atom stereocenters. The first-order valence-electron chi connectivity index (χ1n) is 5.81. The van der Waals surface area contributed by atoms with E-state index in [9.17, 15) is 18.0 Å². The third kappa shape index (κ3) is 4.81. The average Bonchev–Trinajstić information content (AvgIpc) is 2.25. The lowest BCUT2D eigenvalue weighted by Crippen LogP contribution is -2.20. The molecule has 0 radical (unpaired) electrons. The van der Waals surface area contributed by atoms with E-state index in [1.54, 1.807) is 20.8 Å². The van der Waals surface area contributed by atoms with Crippen molar-refractivity contribution in [2.45, 2.75) is 33.1 Å². The number of rotatable bonds is 4. The van der Waals surface area contributed by atoms with E-state index < -0.39 is 17.7 Å². The van der Waals surface area contributed by atoms with E-state index in [2.05, 4.69) is 5.32 Å². The number of halogens is 3. The molecule has 0 heterocycles. The minimum Gasteiger partial charge on any atom is -0.462 e. The highest BCUT2D eigenvalue weighted by Gasteiger charge is 2.30. The molecule has 1 aromatic carbocycles. The largest absolute Gasteiger partial charge is 0.462 e. The molecule has 0 fully saturated rings. The van der Waals surface area contributed by atoms with E-state index in [0.29, 0.717) is 5.56 Å². The van der Waals surface area contributed by atoms with Crippen LogP contribution in [0.1, 0.15) is 25.0 Å². The van der Waals surface area contributed by atoms with Gasteiger partial charge in [-0.05, 0) is 38.5 Å². The highest BCUT2D eigenvalue weighted by Crippen LogP contribution is 2.31. The lowest BCUT2D eigenvalue weighted by Gasteiger charge is -2.13. The van der Waals surface area contributed by atoms with Gasteiger partial charge in [-0.15, -0.1) is 0 Å². The monoisotopic (exact) mass is 275 g/mol. The number of aryl methyl sites for hydroxylation is 1. The molecule has 1 aromatic rings. The van der Waals surface area contributed by atoms with Crippen LogP contribution in [-0.4, -0.2) is 18.6 Å². The number of nitrogens with one attached hydrogen (secondary N) is 1. The second kappa shape index (κ2) is 5.95. The Morgan fingerprint density at radius 3 is 2.53 bits per heavy atom. The summed E-state index contributed by atoms with van der Waals surface area (Å²) in [5.74, 6) is -0.508. The quantitative estimate of drug-likeness (QED) is 0.856. The van der Waals surface area contributed by atoms with E-state index in [1.165, 1.54) is 6.07 Å². The summed E-state index contributed by atoms with van der Waals surface area (Å²) in [5.41, 5.74) is 0.152. The Bertz CT molecular complexity index is 456. The fourth-order valence-electron chi connectivity index (χ4n) is 1.46. The summed E-state index contributed by atoms with van der Waals surface area (Å²) in [6, 6.07) is 3.35. The zero-order valence-corrected chi connectivity index (χ0v) is 11.0. The number of carbonyl (C=O) groups excluding carboxylic acids is 1. The molecular formula is C13H16F3NO2. The Morgan fingerprint density at radius 1 is 1.37 bits per heavy atom. The van der Waals surface area contributed by atoms with Crippen LogP contribution in [0, 0.1) is 6.92 Å². The summed E-state index contributed by atoms with van der Waals surface area (Å²) in [7, 11) is 0. The van der Waals surface area contributed by atoms with Crippen molar-refractivity contribution in [3.05, 3.63) is 29.3 Å². The Morgan fingerprint density at radius 2 is 2.00 bits per heavy atom. The van der Waals surface area contributed by atoms with E-state index in [-0.39, 0.29) is 18.3 Å². The molecule has 106 valence electrons. The van der Waals surface area contributed by atoms with Crippen LogP contribution in [0.2, 0.25) is 0 Å². The molecule has 3 nitrogen and oxygen atoms in total. The van der Waals surface area contributed by atoms with Crippen LogP contribution in [0.5, 0.6) is 0 Å². The maximum absolute atomic E-state index is 12.6.